The summed E-state index contributed by atoms with van der Waals surface area (Å²) < 4.78 is 5.56. The lowest BCUT2D eigenvalue weighted by Gasteiger charge is -2.17. The molecule has 3 rings (SSSR count). The number of hydrogen-bond donors (Lipinski definition) is 3. The van der Waals surface area contributed by atoms with E-state index in [1.807, 2.05) is 6.92 Å². The fraction of sp³-hybridized carbons (Fsp3) is 0.583. The first kappa shape index (κ1) is 12.2. The number of hydrogen-bond acceptors (Lipinski definition) is 6. The molecule has 0 amide bonds. The third kappa shape index (κ3) is 2.33. The second kappa shape index (κ2) is 5.00. The Kier molecular flexibility index (Phi) is 3.20. The fourth-order valence-electron chi connectivity index (χ4n) is 2.28. The third-order valence-corrected chi connectivity index (χ3v) is 3.34. The van der Waals surface area contributed by atoms with Gasteiger partial charge >= 0.3 is 0 Å². The van der Waals surface area contributed by atoms with E-state index in [2.05, 4.69) is 37.7 Å². The highest BCUT2D eigenvalue weighted by Crippen LogP contribution is 2.24. The van der Waals surface area contributed by atoms with Crippen LogP contribution in [0, 0.1) is 0 Å². The predicted octanol–water partition coefficient (Wildman–Crippen LogP) is 1.37. The van der Waals surface area contributed by atoms with Crippen LogP contribution in [0.2, 0.25) is 0 Å². The molecule has 1 fully saturated rings. The van der Waals surface area contributed by atoms with Gasteiger partial charge in [0.05, 0.1) is 23.7 Å². The van der Waals surface area contributed by atoms with Gasteiger partial charge in [0.1, 0.15) is 5.82 Å². The van der Waals surface area contributed by atoms with Gasteiger partial charge in [-0.3, -0.25) is 5.10 Å². The van der Waals surface area contributed by atoms with Crippen LogP contribution in [0.25, 0.3) is 11.0 Å². The van der Waals surface area contributed by atoms with E-state index in [4.69, 9.17) is 4.74 Å². The zero-order valence-corrected chi connectivity index (χ0v) is 11.1. The predicted molar refractivity (Wildman–Crippen MR) is 73.3 cm³/mol. The van der Waals surface area contributed by atoms with Crippen LogP contribution >= 0.6 is 0 Å². The van der Waals surface area contributed by atoms with Gasteiger partial charge in [-0.05, 0) is 20.3 Å². The number of rotatable bonds is 4. The van der Waals surface area contributed by atoms with E-state index < -0.39 is 0 Å². The van der Waals surface area contributed by atoms with Crippen molar-refractivity contribution >= 4 is 22.8 Å². The summed E-state index contributed by atoms with van der Waals surface area (Å²) in [7, 11) is 0. The van der Waals surface area contributed by atoms with Crippen LogP contribution < -0.4 is 10.6 Å². The van der Waals surface area contributed by atoms with Gasteiger partial charge in [0.2, 0.25) is 5.95 Å². The van der Waals surface area contributed by atoms with Gasteiger partial charge in [-0.1, -0.05) is 0 Å². The van der Waals surface area contributed by atoms with Gasteiger partial charge in [0.25, 0.3) is 0 Å². The Morgan fingerprint density at radius 3 is 3.11 bits per heavy atom. The van der Waals surface area contributed by atoms with Crippen molar-refractivity contribution in [2.24, 2.45) is 0 Å². The quantitative estimate of drug-likeness (QED) is 0.771. The SMILES string of the molecule is CCNc1nc(NC2CCOC2C)c2cn[nH]c2n1. The largest absolute Gasteiger partial charge is 0.376 e. The van der Waals surface area contributed by atoms with Gasteiger partial charge in [0.15, 0.2) is 5.65 Å². The molecule has 0 bridgehead atoms. The van der Waals surface area contributed by atoms with Crippen LogP contribution in [0.4, 0.5) is 11.8 Å². The van der Waals surface area contributed by atoms with Gasteiger partial charge in [-0.15, -0.1) is 0 Å². The average Bonchev–Trinajstić information content (AvgIpc) is 3.00. The maximum Gasteiger partial charge on any atom is 0.226 e. The van der Waals surface area contributed by atoms with E-state index in [1.54, 1.807) is 6.20 Å². The molecule has 2 aromatic heterocycles. The van der Waals surface area contributed by atoms with Crippen molar-refractivity contribution in [1.82, 2.24) is 20.2 Å². The molecule has 2 unspecified atom stereocenters. The number of anilines is 2. The van der Waals surface area contributed by atoms with Crippen molar-refractivity contribution in [2.45, 2.75) is 32.4 Å². The van der Waals surface area contributed by atoms with Crippen LogP contribution in [0.5, 0.6) is 0 Å². The molecule has 0 aliphatic carbocycles. The first-order valence-corrected chi connectivity index (χ1v) is 6.61. The third-order valence-electron chi connectivity index (χ3n) is 3.34. The number of aromatic amines is 1. The lowest BCUT2D eigenvalue weighted by atomic mass is 10.1. The highest BCUT2D eigenvalue weighted by molar-refractivity contribution is 5.87. The maximum atomic E-state index is 5.56. The Bertz CT molecular complexity index is 568. The Morgan fingerprint density at radius 2 is 2.37 bits per heavy atom. The molecule has 1 aliphatic heterocycles. The molecule has 2 atom stereocenters. The van der Waals surface area contributed by atoms with Crippen molar-refractivity contribution in [3.05, 3.63) is 6.20 Å². The zero-order chi connectivity index (χ0) is 13.2. The number of fused-ring (bicyclic) bond motifs is 1. The maximum absolute atomic E-state index is 5.56. The number of nitrogens with zero attached hydrogens (tertiary/aromatic N) is 3. The van der Waals surface area contributed by atoms with Gasteiger partial charge in [0, 0.05) is 13.2 Å². The van der Waals surface area contributed by atoms with Crippen LogP contribution in [0.3, 0.4) is 0 Å². The van der Waals surface area contributed by atoms with Crippen LogP contribution in [-0.2, 0) is 4.74 Å². The van der Waals surface area contributed by atoms with Crippen molar-refractivity contribution < 1.29 is 4.74 Å². The first-order chi connectivity index (χ1) is 9.28. The summed E-state index contributed by atoms with van der Waals surface area (Å²) in [6.45, 7) is 5.66. The normalized spacial score (nSPS) is 22.8. The van der Waals surface area contributed by atoms with E-state index in [-0.39, 0.29) is 12.1 Å². The minimum absolute atomic E-state index is 0.194. The van der Waals surface area contributed by atoms with Gasteiger partial charge in [-0.25, -0.2) is 0 Å². The van der Waals surface area contributed by atoms with Crippen LogP contribution in [0.1, 0.15) is 20.3 Å². The number of aromatic nitrogens is 4. The molecule has 3 N–H and O–H groups in total. The lowest BCUT2D eigenvalue weighted by molar-refractivity contribution is 0.121. The molecular formula is C12H18N6O. The molecule has 7 heteroatoms. The molecule has 2 aromatic rings. The first-order valence-electron chi connectivity index (χ1n) is 6.61. The summed E-state index contributed by atoms with van der Waals surface area (Å²) in [5, 5.41) is 14.4. The van der Waals surface area contributed by atoms with Crippen molar-refractivity contribution in [3.8, 4) is 0 Å². The topological polar surface area (TPSA) is 87.8 Å². The summed E-state index contributed by atoms with van der Waals surface area (Å²) in [6.07, 6.45) is 2.93. The summed E-state index contributed by atoms with van der Waals surface area (Å²) in [5.74, 6) is 1.41. The van der Waals surface area contributed by atoms with E-state index in [9.17, 15) is 0 Å². The molecule has 19 heavy (non-hydrogen) atoms. The molecule has 0 spiro atoms. The molecule has 7 nitrogen and oxygen atoms in total. The molecule has 102 valence electrons. The molecule has 0 radical (unpaired) electrons. The summed E-state index contributed by atoms with van der Waals surface area (Å²) in [6, 6.07) is 0.280. The molecular weight excluding hydrogens is 244 g/mol. The smallest absolute Gasteiger partial charge is 0.226 e. The van der Waals surface area contributed by atoms with Crippen molar-refractivity contribution in [3.63, 3.8) is 0 Å². The molecule has 0 aromatic carbocycles. The molecule has 3 heterocycles. The minimum Gasteiger partial charge on any atom is -0.376 e. The van der Waals surface area contributed by atoms with E-state index >= 15 is 0 Å². The van der Waals surface area contributed by atoms with Crippen LogP contribution in [-0.4, -0.2) is 45.5 Å². The highest BCUT2D eigenvalue weighted by Gasteiger charge is 2.25. The number of ether oxygens (including phenoxy) is 1. The Balaban J connectivity index is 1.93. The van der Waals surface area contributed by atoms with Crippen molar-refractivity contribution in [2.75, 3.05) is 23.8 Å². The highest BCUT2D eigenvalue weighted by atomic mass is 16.5. The minimum atomic E-state index is 0.194. The summed E-state index contributed by atoms with van der Waals surface area (Å²) in [5.41, 5.74) is 0.736. The Hall–Kier alpha value is -1.89. The Labute approximate surface area is 111 Å². The second-order valence-corrected chi connectivity index (χ2v) is 4.67. The lowest BCUT2D eigenvalue weighted by Crippen LogP contribution is -2.27. The van der Waals surface area contributed by atoms with E-state index in [1.165, 1.54) is 0 Å². The zero-order valence-electron chi connectivity index (χ0n) is 11.1. The van der Waals surface area contributed by atoms with Crippen LogP contribution in [0.15, 0.2) is 6.20 Å². The molecule has 1 aliphatic rings. The molecule has 0 saturated carbocycles. The standard InChI is InChI=1S/C12H18N6O/c1-3-13-12-16-10(8-6-14-18-11(8)17-12)15-9-4-5-19-7(9)2/h6-7,9H,3-5H2,1-2H3,(H3,13,14,15,16,17,18). The Morgan fingerprint density at radius 1 is 1.47 bits per heavy atom. The summed E-state index contributed by atoms with van der Waals surface area (Å²) in [4.78, 5) is 8.88. The van der Waals surface area contributed by atoms with Crippen molar-refractivity contribution in [1.29, 1.82) is 0 Å². The summed E-state index contributed by atoms with van der Waals surface area (Å²) >= 11 is 0. The molecule has 1 saturated heterocycles. The fourth-order valence-corrected chi connectivity index (χ4v) is 2.28. The van der Waals surface area contributed by atoms with E-state index in [0.717, 1.165) is 36.4 Å². The number of H-pyrrole nitrogens is 1. The van der Waals surface area contributed by atoms with Gasteiger partial charge in [-0.2, -0.15) is 15.1 Å². The van der Waals surface area contributed by atoms with Gasteiger partial charge < -0.3 is 15.4 Å². The van der Waals surface area contributed by atoms with E-state index in [0.29, 0.717) is 5.95 Å². The average molecular weight is 262 g/mol. The second-order valence-electron chi connectivity index (χ2n) is 4.67. The monoisotopic (exact) mass is 262 g/mol. The number of nitrogens with one attached hydrogen (secondary N) is 3.